The Balaban J connectivity index is 1.79. The summed E-state index contributed by atoms with van der Waals surface area (Å²) in [5, 5.41) is 8.77. The highest BCUT2D eigenvalue weighted by Gasteiger charge is 2.05. The van der Waals surface area contributed by atoms with Crippen molar-refractivity contribution < 1.29 is 9.59 Å². The molecule has 2 rings (SSSR count). The molecule has 0 aliphatic heterocycles. The van der Waals surface area contributed by atoms with Gasteiger partial charge < -0.3 is 16.0 Å². The largest absolute Gasteiger partial charge is 0.385 e. The van der Waals surface area contributed by atoms with Gasteiger partial charge in [-0.15, -0.1) is 0 Å². The van der Waals surface area contributed by atoms with E-state index in [1.807, 2.05) is 49.4 Å². The van der Waals surface area contributed by atoms with E-state index in [1.54, 1.807) is 0 Å². The van der Waals surface area contributed by atoms with Crippen molar-refractivity contribution in [1.82, 2.24) is 0 Å². The van der Waals surface area contributed by atoms with Gasteiger partial charge in [0.05, 0.1) is 5.69 Å². The molecule has 0 radical (unpaired) electrons. The van der Waals surface area contributed by atoms with Gasteiger partial charge in [0, 0.05) is 35.7 Å². The molecule has 0 saturated heterocycles. The molecule has 2 aromatic carbocycles. The van der Waals surface area contributed by atoms with Crippen LogP contribution < -0.4 is 16.0 Å². The van der Waals surface area contributed by atoms with Crippen LogP contribution in [0.2, 0.25) is 0 Å². The van der Waals surface area contributed by atoms with Gasteiger partial charge in [-0.05, 0) is 64.8 Å². The molecule has 126 valence electrons. The molecule has 3 N–H and O–H groups in total. The van der Waals surface area contributed by atoms with Crippen molar-refractivity contribution in [3.05, 3.63) is 52.5 Å². The highest BCUT2D eigenvalue weighted by atomic mass is 79.9. The molecule has 0 aromatic heterocycles. The van der Waals surface area contributed by atoms with Crippen molar-refractivity contribution in [1.29, 1.82) is 0 Å². The summed E-state index contributed by atoms with van der Waals surface area (Å²) in [5.74, 6) is -0.156. The first-order valence-electron chi connectivity index (χ1n) is 7.61. The van der Waals surface area contributed by atoms with Crippen LogP contribution in [0.25, 0.3) is 0 Å². The number of amides is 2. The average molecular weight is 390 g/mol. The Bertz CT molecular complexity index is 730. The third-order valence-corrected chi connectivity index (χ3v) is 3.94. The number of carbonyl (C=O) groups is 2. The zero-order valence-electron chi connectivity index (χ0n) is 13.7. The van der Waals surface area contributed by atoms with Crippen LogP contribution in [0.4, 0.5) is 17.1 Å². The van der Waals surface area contributed by atoms with E-state index in [1.165, 1.54) is 6.92 Å². The maximum atomic E-state index is 12.0. The second-order valence-corrected chi connectivity index (χ2v) is 6.32. The molecule has 0 bridgehead atoms. The lowest BCUT2D eigenvalue weighted by molar-refractivity contribution is -0.116. The lowest BCUT2D eigenvalue weighted by Gasteiger charge is -2.10. The normalized spacial score (nSPS) is 10.1. The Hall–Kier alpha value is -2.34. The van der Waals surface area contributed by atoms with Crippen molar-refractivity contribution in [3.63, 3.8) is 0 Å². The number of nitrogens with one attached hydrogen (secondary N) is 3. The highest BCUT2D eigenvalue weighted by Crippen LogP contribution is 2.23. The van der Waals surface area contributed by atoms with E-state index in [0.717, 1.165) is 27.1 Å². The Kier molecular flexibility index (Phi) is 6.37. The first-order valence-corrected chi connectivity index (χ1v) is 8.41. The van der Waals surface area contributed by atoms with E-state index in [4.69, 9.17) is 0 Å². The first kappa shape index (κ1) is 18.0. The lowest BCUT2D eigenvalue weighted by Crippen LogP contribution is -2.16. The van der Waals surface area contributed by atoms with Gasteiger partial charge >= 0.3 is 0 Å². The molecule has 0 saturated carbocycles. The van der Waals surface area contributed by atoms with Gasteiger partial charge in [0.2, 0.25) is 11.8 Å². The van der Waals surface area contributed by atoms with Gasteiger partial charge in [0.1, 0.15) is 0 Å². The van der Waals surface area contributed by atoms with E-state index in [-0.39, 0.29) is 11.8 Å². The Morgan fingerprint density at radius 3 is 2.29 bits per heavy atom. The fourth-order valence-electron chi connectivity index (χ4n) is 2.13. The minimum absolute atomic E-state index is 0.0538. The molecule has 0 aliphatic rings. The van der Waals surface area contributed by atoms with Gasteiger partial charge in [-0.2, -0.15) is 0 Å². The quantitative estimate of drug-likeness (QED) is 0.694. The van der Waals surface area contributed by atoms with Crippen LogP contribution in [0.1, 0.15) is 18.9 Å². The van der Waals surface area contributed by atoms with E-state index in [2.05, 4.69) is 31.9 Å². The maximum Gasteiger partial charge on any atom is 0.226 e. The molecule has 0 aliphatic carbocycles. The number of halogens is 1. The summed E-state index contributed by atoms with van der Waals surface area (Å²) in [6.45, 7) is 3.99. The molecule has 2 aromatic rings. The number of hydrogen-bond donors (Lipinski definition) is 3. The molecule has 0 spiro atoms. The van der Waals surface area contributed by atoms with E-state index in [0.29, 0.717) is 13.0 Å². The van der Waals surface area contributed by atoms with Crippen molar-refractivity contribution >= 4 is 44.8 Å². The van der Waals surface area contributed by atoms with Crippen LogP contribution in [0.5, 0.6) is 0 Å². The molecule has 2 amide bonds. The molecule has 24 heavy (non-hydrogen) atoms. The molecule has 0 unspecified atom stereocenters. The number of carbonyl (C=O) groups excluding carboxylic acids is 2. The fourth-order valence-corrected chi connectivity index (χ4v) is 2.72. The van der Waals surface area contributed by atoms with Gasteiger partial charge in [-0.25, -0.2) is 0 Å². The second kappa shape index (κ2) is 8.49. The second-order valence-electron chi connectivity index (χ2n) is 5.47. The monoisotopic (exact) mass is 389 g/mol. The molecule has 0 heterocycles. The Morgan fingerprint density at radius 1 is 1.00 bits per heavy atom. The van der Waals surface area contributed by atoms with Crippen LogP contribution in [-0.4, -0.2) is 18.4 Å². The van der Waals surface area contributed by atoms with Crippen LogP contribution in [0.3, 0.4) is 0 Å². The van der Waals surface area contributed by atoms with E-state index in [9.17, 15) is 9.59 Å². The molecular weight excluding hydrogens is 370 g/mol. The maximum absolute atomic E-state index is 12.0. The number of benzene rings is 2. The van der Waals surface area contributed by atoms with Crippen LogP contribution in [0, 0.1) is 6.92 Å². The third-order valence-electron chi connectivity index (χ3n) is 3.29. The number of aryl methyl sites for hydroxylation is 1. The minimum atomic E-state index is -0.102. The Labute approximate surface area is 150 Å². The van der Waals surface area contributed by atoms with Crippen LogP contribution in [0.15, 0.2) is 46.9 Å². The third kappa shape index (κ3) is 5.70. The Morgan fingerprint density at radius 2 is 1.67 bits per heavy atom. The summed E-state index contributed by atoms with van der Waals surface area (Å²) in [6.07, 6.45) is 0.355. The van der Waals surface area contributed by atoms with Crippen molar-refractivity contribution in [2.24, 2.45) is 0 Å². The zero-order valence-corrected chi connectivity index (χ0v) is 15.2. The molecule has 0 atom stereocenters. The molecule has 6 heteroatoms. The highest BCUT2D eigenvalue weighted by molar-refractivity contribution is 9.10. The predicted molar refractivity (Wildman–Crippen MR) is 101 cm³/mol. The minimum Gasteiger partial charge on any atom is -0.385 e. The standard InChI is InChI=1S/C18H20BrN3O2/c1-12-3-8-17(16(19)11-12)22-18(24)9-10-20-14-4-6-15(7-5-14)21-13(2)23/h3-8,11,20H,9-10H2,1-2H3,(H,21,23)(H,22,24). The molecular formula is C18H20BrN3O2. The first-order chi connectivity index (χ1) is 11.4. The van der Waals surface area contributed by atoms with Gasteiger partial charge in [-0.3, -0.25) is 9.59 Å². The summed E-state index contributed by atoms with van der Waals surface area (Å²) in [4.78, 5) is 23.0. The van der Waals surface area contributed by atoms with Crippen LogP contribution >= 0.6 is 15.9 Å². The van der Waals surface area contributed by atoms with Gasteiger partial charge in [-0.1, -0.05) is 6.07 Å². The summed E-state index contributed by atoms with van der Waals surface area (Å²) >= 11 is 3.44. The van der Waals surface area contributed by atoms with Crippen LogP contribution in [-0.2, 0) is 9.59 Å². The summed E-state index contributed by atoms with van der Waals surface area (Å²) in [6, 6.07) is 13.1. The number of hydrogen-bond acceptors (Lipinski definition) is 3. The predicted octanol–water partition coefficient (Wildman–Crippen LogP) is 4.16. The lowest BCUT2D eigenvalue weighted by atomic mass is 10.2. The SMILES string of the molecule is CC(=O)Nc1ccc(NCCC(=O)Nc2ccc(C)cc2Br)cc1. The van der Waals surface area contributed by atoms with Crippen molar-refractivity contribution in [3.8, 4) is 0 Å². The fraction of sp³-hybridized carbons (Fsp3) is 0.222. The van der Waals surface area contributed by atoms with Gasteiger partial charge in [0.15, 0.2) is 0 Å². The smallest absolute Gasteiger partial charge is 0.226 e. The topological polar surface area (TPSA) is 70.2 Å². The number of anilines is 3. The average Bonchev–Trinajstić information content (AvgIpc) is 2.51. The molecule has 0 fully saturated rings. The van der Waals surface area contributed by atoms with Gasteiger partial charge in [0.25, 0.3) is 0 Å². The van der Waals surface area contributed by atoms with Crippen molar-refractivity contribution in [2.45, 2.75) is 20.3 Å². The van der Waals surface area contributed by atoms with Crippen molar-refractivity contribution in [2.75, 3.05) is 22.5 Å². The summed E-state index contributed by atoms with van der Waals surface area (Å²) < 4.78 is 0.873. The summed E-state index contributed by atoms with van der Waals surface area (Å²) in [5.41, 5.74) is 3.54. The summed E-state index contributed by atoms with van der Waals surface area (Å²) in [7, 11) is 0. The molecule has 5 nitrogen and oxygen atoms in total. The number of rotatable bonds is 6. The zero-order chi connectivity index (χ0) is 17.5. The van der Waals surface area contributed by atoms with E-state index >= 15 is 0 Å². The van der Waals surface area contributed by atoms with E-state index < -0.39 is 0 Å².